The lowest BCUT2D eigenvalue weighted by molar-refractivity contribution is 0.0271. The molecule has 0 aromatic carbocycles. The smallest absolute Gasteiger partial charge is 0.0462 e. The first-order valence-electron chi connectivity index (χ1n) is 5.93. The van der Waals surface area contributed by atoms with E-state index in [9.17, 15) is 5.11 Å². The summed E-state index contributed by atoms with van der Waals surface area (Å²) < 4.78 is 0. The molecular weight excluding hydrogens is 160 g/mol. The van der Waals surface area contributed by atoms with E-state index in [0.717, 1.165) is 17.8 Å². The predicted molar refractivity (Wildman–Crippen MR) is 54.4 cm³/mol. The maximum atomic E-state index is 9.32. The molecular formula is C12H22O. The normalized spacial score (nSPS) is 45.7. The predicted octanol–water partition coefficient (Wildman–Crippen LogP) is 2.83. The van der Waals surface area contributed by atoms with Gasteiger partial charge in [0.05, 0.1) is 0 Å². The Kier molecular flexibility index (Phi) is 2.92. The highest BCUT2D eigenvalue weighted by molar-refractivity contribution is 4.87. The molecule has 0 bridgehead atoms. The molecule has 0 aliphatic heterocycles. The fourth-order valence-electron chi connectivity index (χ4n) is 3.61. The summed E-state index contributed by atoms with van der Waals surface area (Å²) in [6.07, 6.45) is 8.29. The van der Waals surface area contributed by atoms with E-state index in [2.05, 4.69) is 6.92 Å². The first-order chi connectivity index (χ1) is 6.33. The molecule has 1 N–H and O–H groups in total. The van der Waals surface area contributed by atoms with Crippen LogP contribution in [0.4, 0.5) is 0 Å². The van der Waals surface area contributed by atoms with Crippen molar-refractivity contribution in [3.8, 4) is 0 Å². The summed E-state index contributed by atoms with van der Waals surface area (Å²) in [5, 5.41) is 9.32. The topological polar surface area (TPSA) is 20.2 Å². The molecule has 2 aliphatic rings. The molecule has 2 fully saturated rings. The summed E-state index contributed by atoms with van der Waals surface area (Å²) in [5.41, 5.74) is 0. The second-order valence-electron chi connectivity index (χ2n) is 5.11. The quantitative estimate of drug-likeness (QED) is 0.661. The second kappa shape index (κ2) is 4.00. The molecule has 0 aromatic rings. The van der Waals surface area contributed by atoms with Gasteiger partial charge in [-0.25, -0.2) is 0 Å². The summed E-state index contributed by atoms with van der Waals surface area (Å²) in [6.45, 7) is 2.85. The maximum Gasteiger partial charge on any atom is 0.0462 e. The van der Waals surface area contributed by atoms with Gasteiger partial charge >= 0.3 is 0 Å². The van der Waals surface area contributed by atoms with Gasteiger partial charge in [-0.2, -0.15) is 0 Å². The Morgan fingerprint density at radius 1 is 1.00 bits per heavy atom. The van der Waals surface area contributed by atoms with Crippen LogP contribution in [-0.4, -0.2) is 11.7 Å². The largest absolute Gasteiger partial charge is 0.396 e. The second-order valence-corrected chi connectivity index (χ2v) is 5.11. The van der Waals surface area contributed by atoms with Crippen molar-refractivity contribution in [2.45, 2.75) is 45.4 Å². The van der Waals surface area contributed by atoms with E-state index in [-0.39, 0.29) is 0 Å². The fourth-order valence-corrected chi connectivity index (χ4v) is 3.61. The van der Waals surface area contributed by atoms with E-state index in [0.29, 0.717) is 12.5 Å². The van der Waals surface area contributed by atoms with Gasteiger partial charge in [0.15, 0.2) is 0 Å². The summed E-state index contributed by atoms with van der Waals surface area (Å²) >= 11 is 0. The maximum absolute atomic E-state index is 9.32. The lowest BCUT2D eigenvalue weighted by atomic mass is 9.62. The summed E-state index contributed by atoms with van der Waals surface area (Å²) in [7, 11) is 0. The van der Waals surface area contributed by atoms with E-state index >= 15 is 0 Å². The molecule has 3 unspecified atom stereocenters. The molecule has 0 aromatic heterocycles. The highest BCUT2D eigenvalue weighted by Gasteiger charge is 2.37. The molecule has 0 heterocycles. The van der Waals surface area contributed by atoms with Gasteiger partial charge in [0, 0.05) is 6.61 Å². The number of hydrogen-bond acceptors (Lipinski definition) is 1. The first kappa shape index (κ1) is 9.51. The average molecular weight is 182 g/mol. The average Bonchev–Trinajstić information content (AvgIpc) is 2.19. The van der Waals surface area contributed by atoms with Crippen LogP contribution in [0.1, 0.15) is 45.4 Å². The van der Waals surface area contributed by atoms with Gasteiger partial charge in [0.25, 0.3) is 0 Å². The lowest BCUT2D eigenvalue weighted by Crippen LogP contribution is -2.37. The Morgan fingerprint density at radius 2 is 1.69 bits per heavy atom. The molecule has 0 radical (unpaired) electrons. The number of aliphatic hydroxyl groups excluding tert-OH is 1. The number of hydrogen-bond donors (Lipinski definition) is 1. The zero-order chi connectivity index (χ0) is 9.26. The first-order valence-corrected chi connectivity index (χ1v) is 5.93. The third-order valence-corrected chi connectivity index (χ3v) is 4.44. The molecule has 2 aliphatic carbocycles. The molecule has 1 heteroatoms. The van der Waals surface area contributed by atoms with E-state index in [1.54, 1.807) is 0 Å². The highest BCUT2D eigenvalue weighted by Crippen LogP contribution is 2.46. The molecule has 0 spiro atoms. The molecule has 4 atom stereocenters. The Hall–Kier alpha value is -0.0400. The van der Waals surface area contributed by atoms with Crippen LogP contribution in [0.15, 0.2) is 0 Å². The van der Waals surface area contributed by atoms with Gasteiger partial charge in [-0.3, -0.25) is 0 Å². The van der Waals surface area contributed by atoms with Gasteiger partial charge < -0.3 is 5.11 Å². The zero-order valence-corrected chi connectivity index (χ0v) is 8.71. The number of rotatable bonds is 1. The summed E-state index contributed by atoms with van der Waals surface area (Å²) in [4.78, 5) is 0. The van der Waals surface area contributed by atoms with E-state index < -0.39 is 0 Å². The van der Waals surface area contributed by atoms with Gasteiger partial charge in [-0.05, 0) is 42.9 Å². The Morgan fingerprint density at radius 3 is 2.38 bits per heavy atom. The minimum Gasteiger partial charge on any atom is -0.396 e. The lowest BCUT2D eigenvalue weighted by Gasteiger charge is -2.44. The number of aliphatic hydroxyl groups is 1. The van der Waals surface area contributed by atoms with Crippen LogP contribution in [0, 0.1) is 23.7 Å². The van der Waals surface area contributed by atoms with Crippen LogP contribution in [0.2, 0.25) is 0 Å². The van der Waals surface area contributed by atoms with Crippen molar-refractivity contribution < 1.29 is 5.11 Å². The van der Waals surface area contributed by atoms with E-state index in [1.807, 2.05) is 0 Å². The molecule has 0 saturated heterocycles. The van der Waals surface area contributed by atoms with Crippen LogP contribution < -0.4 is 0 Å². The van der Waals surface area contributed by atoms with Crippen LogP contribution in [0.3, 0.4) is 0 Å². The Balaban J connectivity index is 2.05. The third kappa shape index (κ3) is 1.76. The van der Waals surface area contributed by atoms with E-state index in [4.69, 9.17) is 0 Å². The van der Waals surface area contributed by atoms with Crippen molar-refractivity contribution in [3.05, 3.63) is 0 Å². The Bertz CT molecular complexity index is 167. The van der Waals surface area contributed by atoms with Crippen molar-refractivity contribution in [2.75, 3.05) is 6.61 Å². The number of fused-ring (bicyclic) bond motifs is 1. The van der Waals surface area contributed by atoms with Crippen molar-refractivity contribution in [1.29, 1.82) is 0 Å². The zero-order valence-electron chi connectivity index (χ0n) is 8.71. The van der Waals surface area contributed by atoms with E-state index in [1.165, 1.54) is 38.5 Å². The van der Waals surface area contributed by atoms with Gasteiger partial charge in [-0.15, -0.1) is 0 Å². The standard InChI is InChI=1S/C12H22O/c1-9-6-7-10(8-13)12-5-3-2-4-11(9)12/h9-13H,2-8H2,1H3/t9?,10-,11?,12?/m1/s1. The SMILES string of the molecule is CC1CC[C@H](CO)C2CCCCC12. The monoisotopic (exact) mass is 182 g/mol. The van der Waals surface area contributed by atoms with Crippen LogP contribution in [0.25, 0.3) is 0 Å². The molecule has 0 amide bonds. The molecule has 2 rings (SSSR count). The minimum absolute atomic E-state index is 0.438. The molecule has 13 heavy (non-hydrogen) atoms. The minimum atomic E-state index is 0.438. The molecule has 76 valence electrons. The van der Waals surface area contributed by atoms with Gasteiger partial charge in [-0.1, -0.05) is 26.2 Å². The van der Waals surface area contributed by atoms with Gasteiger partial charge in [0.2, 0.25) is 0 Å². The van der Waals surface area contributed by atoms with Crippen LogP contribution >= 0.6 is 0 Å². The molecule has 2 saturated carbocycles. The van der Waals surface area contributed by atoms with Crippen molar-refractivity contribution in [3.63, 3.8) is 0 Å². The molecule has 1 nitrogen and oxygen atoms in total. The summed E-state index contributed by atoms with van der Waals surface area (Å²) in [5.74, 6) is 3.37. The van der Waals surface area contributed by atoms with Crippen molar-refractivity contribution in [2.24, 2.45) is 23.7 Å². The van der Waals surface area contributed by atoms with Gasteiger partial charge in [0.1, 0.15) is 0 Å². The third-order valence-electron chi connectivity index (χ3n) is 4.44. The van der Waals surface area contributed by atoms with Crippen LogP contribution in [-0.2, 0) is 0 Å². The Labute approximate surface area is 81.5 Å². The highest BCUT2D eigenvalue weighted by atomic mass is 16.3. The van der Waals surface area contributed by atoms with Crippen molar-refractivity contribution in [1.82, 2.24) is 0 Å². The van der Waals surface area contributed by atoms with Crippen LogP contribution in [0.5, 0.6) is 0 Å². The summed E-state index contributed by atoms with van der Waals surface area (Å²) in [6, 6.07) is 0. The van der Waals surface area contributed by atoms with Crippen molar-refractivity contribution >= 4 is 0 Å². The fraction of sp³-hybridized carbons (Fsp3) is 1.00.